The Morgan fingerprint density at radius 2 is 2.12 bits per heavy atom. The van der Waals surface area contributed by atoms with Gasteiger partial charge >= 0.3 is 11.6 Å². The van der Waals surface area contributed by atoms with Crippen LogP contribution in [0.1, 0.15) is 56.3 Å². The van der Waals surface area contributed by atoms with Crippen molar-refractivity contribution in [2.75, 3.05) is 0 Å². The summed E-state index contributed by atoms with van der Waals surface area (Å²) in [6.07, 6.45) is 7.22. The first-order chi connectivity index (χ1) is 12.7. The van der Waals surface area contributed by atoms with E-state index in [1.54, 1.807) is 6.20 Å². The van der Waals surface area contributed by atoms with Crippen LogP contribution in [0.3, 0.4) is 0 Å². The van der Waals surface area contributed by atoms with E-state index in [4.69, 9.17) is 9.72 Å². The van der Waals surface area contributed by atoms with Crippen LogP contribution in [-0.4, -0.2) is 24.5 Å². The number of aromatic nitrogens is 5. The number of ether oxygens (including phenoxy) is 1. The van der Waals surface area contributed by atoms with Gasteiger partial charge in [0, 0.05) is 24.7 Å². The van der Waals surface area contributed by atoms with E-state index in [0.29, 0.717) is 29.5 Å². The maximum absolute atomic E-state index is 12.5. The molecule has 7 heteroatoms. The van der Waals surface area contributed by atoms with Crippen LogP contribution in [-0.2, 0) is 6.54 Å². The van der Waals surface area contributed by atoms with Gasteiger partial charge in [-0.3, -0.25) is 9.36 Å². The highest BCUT2D eigenvalue weighted by atomic mass is 16.5. The van der Waals surface area contributed by atoms with Gasteiger partial charge < -0.3 is 9.72 Å². The van der Waals surface area contributed by atoms with Crippen molar-refractivity contribution >= 4 is 11.2 Å². The first-order valence-corrected chi connectivity index (χ1v) is 9.26. The molecule has 0 atom stereocenters. The van der Waals surface area contributed by atoms with Crippen LogP contribution in [0.5, 0.6) is 11.9 Å². The van der Waals surface area contributed by atoms with Gasteiger partial charge in [0.1, 0.15) is 5.82 Å². The maximum Gasteiger partial charge on any atom is 0.308 e. The Morgan fingerprint density at radius 1 is 1.31 bits per heavy atom. The number of aromatic amines is 1. The van der Waals surface area contributed by atoms with Crippen LogP contribution in [0.4, 0.5) is 0 Å². The van der Waals surface area contributed by atoms with E-state index in [2.05, 4.69) is 21.9 Å². The zero-order valence-electron chi connectivity index (χ0n) is 15.2. The van der Waals surface area contributed by atoms with E-state index in [1.807, 2.05) is 23.6 Å². The van der Waals surface area contributed by atoms with Gasteiger partial charge in [0.2, 0.25) is 5.88 Å². The quantitative estimate of drug-likeness (QED) is 0.756. The number of nitrogens with one attached hydrogen (secondary N) is 1. The average Bonchev–Trinajstić information content (AvgIpc) is 3.28. The molecule has 1 N–H and O–H groups in total. The van der Waals surface area contributed by atoms with E-state index in [9.17, 15) is 4.79 Å². The standard InChI is InChI=1S/C19H23N5O2/c1-3-10-24-17-15(21-16(22-17)13-6-4-5-7-13)18(25)23-19(24)26-14-11-12(2)8-9-20-14/h8-9,11,13H,3-7,10H2,1-2H3,(H,21,22). The second kappa shape index (κ2) is 6.90. The van der Waals surface area contributed by atoms with Crippen molar-refractivity contribution in [3.8, 4) is 11.9 Å². The van der Waals surface area contributed by atoms with Gasteiger partial charge in [-0.25, -0.2) is 9.97 Å². The van der Waals surface area contributed by atoms with Crippen molar-refractivity contribution in [2.24, 2.45) is 0 Å². The molecular formula is C19H23N5O2. The van der Waals surface area contributed by atoms with Gasteiger partial charge in [0.25, 0.3) is 0 Å². The first kappa shape index (κ1) is 16.8. The Kier molecular flexibility index (Phi) is 4.44. The number of hydrogen-bond acceptors (Lipinski definition) is 5. The number of rotatable bonds is 5. The molecule has 0 radical (unpaired) electrons. The molecule has 0 saturated heterocycles. The van der Waals surface area contributed by atoms with Crippen molar-refractivity contribution in [1.82, 2.24) is 24.5 Å². The summed E-state index contributed by atoms with van der Waals surface area (Å²) in [6, 6.07) is 3.96. The highest BCUT2D eigenvalue weighted by Crippen LogP contribution is 2.33. The summed E-state index contributed by atoms with van der Waals surface area (Å²) in [7, 11) is 0. The van der Waals surface area contributed by atoms with Crippen LogP contribution in [0.2, 0.25) is 0 Å². The summed E-state index contributed by atoms with van der Waals surface area (Å²) in [6.45, 7) is 4.70. The van der Waals surface area contributed by atoms with Crippen LogP contribution >= 0.6 is 0 Å². The smallest absolute Gasteiger partial charge is 0.308 e. The number of hydrogen-bond donors (Lipinski definition) is 1. The lowest BCUT2D eigenvalue weighted by molar-refractivity contribution is 0.390. The van der Waals surface area contributed by atoms with Crippen LogP contribution < -0.4 is 10.3 Å². The molecule has 0 spiro atoms. The highest BCUT2D eigenvalue weighted by molar-refractivity contribution is 5.70. The molecule has 1 saturated carbocycles. The summed E-state index contributed by atoms with van der Waals surface area (Å²) in [5, 5.41) is 0. The minimum Gasteiger partial charge on any atom is -0.406 e. The molecule has 4 rings (SSSR count). The van der Waals surface area contributed by atoms with E-state index in [0.717, 1.165) is 30.7 Å². The van der Waals surface area contributed by atoms with E-state index >= 15 is 0 Å². The highest BCUT2D eigenvalue weighted by Gasteiger charge is 2.23. The summed E-state index contributed by atoms with van der Waals surface area (Å²) in [5.41, 5.74) is 1.77. The molecule has 3 aromatic heterocycles. The third kappa shape index (κ3) is 3.09. The number of pyridine rings is 1. The number of aryl methyl sites for hydroxylation is 2. The monoisotopic (exact) mass is 353 g/mol. The minimum absolute atomic E-state index is 0.243. The van der Waals surface area contributed by atoms with Crippen molar-refractivity contribution < 1.29 is 4.74 Å². The molecule has 0 amide bonds. The minimum atomic E-state index is -0.341. The van der Waals surface area contributed by atoms with Crippen molar-refractivity contribution in [3.63, 3.8) is 0 Å². The topological polar surface area (TPSA) is 85.7 Å². The molecule has 1 aliphatic carbocycles. The molecule has 0 bridgehead atoms. The number of H-pyrrole nitrogens is 1. The van der Waals surface area contributed by atoms with Gasteiger partial charge in [-0.2, -0.15) is 4.98 Å². The molecule has 7 nitrogen and oxygen atoms in total. The lowest BCUT2D eigenvalue weighted by atomic mass is 10.1. The lowest BCUT2D eigenvalue weighted by Gasteiger charge is -2.12. The van der Waals surface area contributed by atoms with Gasteiger partial charge in [-0.1, -0.05) is 19.8 Å². The lowest BCUT2D eigenvalue weighted by Crippen LogP contribution is -2.16. The number of nitrogens with zero attached hydrogens (tertiary/aromatic N) is 4. The van der Waals surface area contributed by atoms with E-state index in [1.165, 1.54) is 12.8 Å². The van der Waals surface area contributed by atoms with Crippen LogP contribution in [0.15, 0.2) is 23.1 Å². The number of imidazole rings is 1. The molecule has 0 aliphatic heterocycles. The molecule has 136 valence electrons. The molecule has 3 aromatic rings. The molecule has 0 unspecified atom stereocenters. The largest absolute Gasteiger partial charge is 0.406 e. The zero-order chi connectivity index (χ0) is 18.1. The van der Waals surface area contributed by atoms with Gasteiger partial charge in [0.15, 0.2) is 11.2 Å². The SMILES string of the molecule is CCCn1c(Oc2cc(C)ccn2)nc(=O)c2[nH]c(C3CCCC3)nc21. The van der Waals surface area contributed by atoms with Gasteiger partial charge in [-0.05, 0) is 37.8 Å². The third-order valence-corrected chi connectivity index (χ3v) is 4.88. The van der Waals surface area contributed by atoms with Gasteiger partial charge in [0.05, 0.1) is 0 Å². The zero-order valence-corrected chi connectivity index (χ0v) is 15.2. The fraction of sp³-hybridized carbons (Fsp3) is 0.474. The average molecular weight is 353 g/mol. The Labute approximate surface area is 151 Å². The normalized spacial score (nSPS) is 15.0. The molecule has 26 heavy (non-hydrogen) atoms. The summed E-state index contributed by atoms with van der Waals surface area (Å²) in [5.74, 6) is 1.72. The molecule has 1 aliphatic rings. The predicted octanol–water partition coefficient (Wildman–Crippen LogP) is 3.68. The Hall–Kier alpha value is -2.70. The van der Waals surface area contributed by atoms with Crippen molar-refractivity contribution in [1.29, 1.82) is 0 Å². The predicted molar refractivity (Wildman–Crippen MR) is 98.7 cm³/mol. The first-order valence-electron chi connectivity index (χ1n) is 9.26. The Morgan fingerprint density at radius 3 is 2.85 bits per heavy atom. The maximum atomic E-state index is 12.5. The van der Waals surface area contributed by atoms with E-state index < -0.39 is 0 Å². The molecule has 0 aromatic carbocycles. The second-order valence-electron chi connectivity index (χ2n) is 6.93. The number of fused-ring (bicyclic) bond motifs is 1. The molecule has 3 heterocycles. The summed E-state index contributed by atoms with van der Waals surface area (Å²) in [4.78, 5) is 28.9. The van der Waals surface area contributed by atoms with Crippen LogP contribution in [0, 0.1) is 6.92 Å². The fourth-order valence-corrected chi connectivity index (χ4v) is 3.57. The molecular weight excluding hydrogens is 330 g/mol. The molecule has 1 fully saturated rings. The summed E-state index contributed by atoms with van der Waals surface area (Å²) >= 11 is 0. The van der Waals surface area contributed by atoms with E-state index in [-0.39, 0.29) is 11.6 Å². The fourth-order valence-electron chi connectivity index (χ4n) is 3.57. The van der Waals surface area contributed by atoms with Crippen molar-refractivity contribution in [3.05, 3.63) is 40.1 Å². The van der Waals surface area contributed by atoms with Crippen molar-refractivity contribution in [2.45, 2.75) is 58.4 Å². The third-order valence-electron chi connectivity index (χ3n) is 4.88. The summed E-state index contributed by atoms with van der Waals surface area (Å²) < 4.78 is 7.72. The van der Waals surface area contributed by atoms with Crippen LogP contribution in [0.25, 0.3) is 11.2 Å². The Balaban J connectivity index is 1.81. The van der Waals surface area contributed by atoms with Gasteiger partial charge in [-0.15, -0.1) is 0 Å². The second-order valence-corrected chi connectivity index (χ2v) is 6.93. The Bertz CT molecular complexity index is 985.